The summed E-state index contributed by atoms with van der Waals surface area (Å²) in [6.45, 7) is 3.93. The lowest BCUT2D eigenvalue weighted by atomic mass is 10.0. The van der Waals surface area contributed by atoms with Crippen molar-refractivity contribution in [2.75, 3.05) is 25.3 Å². The van der Waals surface area contributed by atoms with Gasteiger partial charge in [0.05, 0.1) is 12.8 Å². The summed E-state index contributed by atoms with van der Waals surface area (Å²) in [7, 11) is -2.70. The van der Waals surface area contributed by atoms with Crippen LogP contribution >= 0.6 is 7.14 Å². The predicted octanol–water partition coefficient (Wildman–Crippen LogP) is 3.51. The number of halogens is 2. The van der Waals surface area contributed by atoms with E-state index in [4.69, 9.17) is 4.74 Å². The molecule has 0 saturated heterocycles. The van der Waals surface area contributed by atoms with Crippen LogP contribution in [-0.2, 0) is 17.5 Å². The third-order valence-corrected chi connectivity index (χ3v) is 7.53. The van der Waals surface area contributed by atoms with E-state index in [-0.39, 0.29) is 12.4 Å². The van der Waals surface area contributed by atoms with Crippen molar-refractivity contribution in [3.63, 3.8) is 0 Å². The van der Waals surface area contributed by atoms with Gasteiger partial charge in [0.15, 0.2) is 5.65 Å². The van der Waals surface area contributed by atoms with E-state index in [1.807, 2.05) is 0 Å². The Labute approximate surface area is 198 Å². The number of ether oxygens (including phenoxy) is 1. The summed E-state index contributed by atoms with van der Waals surface area (Å²) in [5, 5.41) is 11.4. The van der Waals surface area contributed by atoms with Crippen LogP contribution in [0, 0.1) is 11.6 Å². The molecule has 4 aromatic heterocycles. The number of aromatic nitrogens is 6. The topological polar surface area (TPSA) is 98.7 Å². The molecule has 5 heterocycles. The maximum atomic E-state index is 14.6. The van der Waals surface area contributed by atoms with Crippen LogP contribution in [0.3, 0.4) is 0 Å². The molecule has 0 atom stereocenters. The average molecular weight is 495 g/mol. The third kappa shape index (κ3) is 3.54. The second kappa shape index (κ2) is 7.84. The van der Waals surface area contributed by atoms with Crippen molar-refractivity contribution in [2.45, 2.75) is 13.0 Å². The first-order valence-electron chi connectivity index (χ1n) is 10.9. The molecule has 0 bridgehead atoms. The van der Waals surface area contributed by atoms with E-state index in [2.05, 4.69) is 25.5 Å². The van der Waals surface area contributed by atoms with Gasteiger partial charge in [-0.15, -0.1) is 10.2 Å². The second-order valence-electron chi connectivity index (χ2n) is 8.71. The minimum absolute atomic E-state index is 0.189. The number of imidazole rings is 1. The fourth-order valence-electron chi connectivity index (χ4n) is 4.45. The number of hydrogen-bond donors (Lipinski definition) is 1. The molecule has 6 rings (SSSR count). The van der Waals surface area contributed by atoms with Crippen molar-refractivity contribution in [2.24, 2.45) is 0 Å². The summed E-state index contributed by atoms with van der Waals surface area (Å²) in [6, 6.07) is 4.37. The van der Waals surface area contributed by atoms with Gasteiger partial charge in [-0.05, 0) is 31.5 Å². The highest BCUT2D eigenvalue weighted by Gasteiger charge is 2.23. The van der Waals surface area contributed by atoms with E-state index < -0.39 is 13.0 Å². The fourth-order valence-corrected chi connectivity index (χ4v) is 5.46. The first kappa shape index (κ1) is 21.7. The number of pyridine rings is 1. The molecular weight excluding hydrogens is 475 g/mol. The lowest BCUT2D eigenvalue weighted by molar-refractivity contribution is 0.356. The van der Waals surface area contributed by atoms with Gasteiger partial charge in [0.25, 0.3) is 0 Å². The van der Waals surface area contributed by atoms with Crippen LogP contribution in [0.1, 0.15) is 11.1 Å². The van der Waals surface area contributed by atoms with Crippen molar-refractivity contribution in [3.05, 3.63) is 65.9 Å². The first-order chi connectivity index (χ1) is 16.8. The van der Waals surface area contributed by atoms with Gasteiger partial charge >= 0.3 is 0 Å². The van der Waals surface area contributed by atoms with Crippen LogP contribution in [0.4, 0.5) is 14.7 Å². The minimum Gasteiger partial charge on any atom is -0.493 e. The lowest BCUT2D eigenvalue weighted by Gasteiger charge is -2.13. The molecule has 5 aromatic rings. The summed E-state index contributed by atoms with van der Waals surface area (Å²) in [4.78, 5) is 8.89. The SMILES string of the molecule is CP(C)(=O)c1cnc2c(-c3cnc(NCc4c(F)ccc5c4CCO5)n4cnnc34)cc(F)cn12. The zero-order valence-electron chi connectivity index (χ0n) is 18.9. The van der Waals surface area contributed by atoms with Gasteiger partial charge in [-0.2, -0.15) is 0 Å². The molecular formula is C23H20F2N7O2P. The van der Waals surface area contributed by atoms with E-state index >= 15 is 0 Å². The molecule has 35 heavy (non-hydrogen) atoms. The molecule has 0 fully saturated rings. The molecule has 1 aliphatic heterocycles. The maximum absolute atomic E-state index is 14.6. The van der Waals surface area contributed by atoms with Crippen molar-refractivity contribution in [3.8, 4) is 16.9 Å². The van der Waals surface area contributed by atoms with Gasteiger partial charge < -0.3 is 14.6 Å². The molecule has 0 amide bonds. The van der Waals surface area contributed by atoms with Crippen molar-refractivity contribution in [1.29, 1.82) is 0 Å². The molecule has 9 nitrogen and oxygen atoms in total. The van der Waals surface area contributed by atoms with E-state index in [1.54, 1.807) is 30.0 Å². The maximum Gasteiger partial charge on any atom is 0.210 e. The quantitative estimate of drug-likeness (QED) is 0.373. The van der Waals surface area contributed by atoms with E-state index in [0.717, 1.165) is 5.56 Å². The number of rotatable bonds is 5. The highest BCUT2D eigenvalue weighted by Crippen LogP contribution is 2.37. The van der Waals surface area contributed by atoms with Crippen molar-refractivity contribution < 1.29 is 18.1 Å². The van der Waals surface area contributed by atoms with Crippen LogP contribution < -0.4 is 15.5 Å². The predicted molar refractivity (Wildman–Crippen MR) is 127 cm³/mol. The molecule has 0 aliphatic carbocycles. The number of hydrogen-bond acceptors (Lipinski definition) is 7. The standard InChI is InChI=1S/C23H20F2N7O2P/c1-35(2,33)20-10-26-21-15(7-13(24)11-31(20)21)17-9-28-23(32-12-29-30-22(17)32)27-8-16-14-5-6-34-19(14)4-3-18(16)25/h3-4,7,9-12H,5-6,8H2,1-2H3,(H,27,28). The second-order valence-corrected chi connectivity index (χ2v) is 11.9. The largest absolute Gasteiger partial charge is 0.493 e. The van der Waals surface area contributed by atoms with Crippen molar-refractivity contribution in [1.82, 2.24) is 29.0 Å². The molecule has 1 aliphatic rings. The van der Waals surface area contributed by atoms with E-state index in [1.165, 1.54) is 35.3 Å². The molecule has 178 valence electrons. The molecule has 12 heteroatoms. The summed E-state index contributed by atoms with van der Waals surface area (Å²) in [5.74, 6) is 0.252. The number of nitrogens with zero attached hydrogens (tertiary/aromatic N) is 6. The highest BCUT2D eigenvalue weighted by atomic mass is 31.2. The summed E-state index contributed by atoms with van der Waals surface area (Å²) in [6.07, 6.45) is 6.43. The number of benzene rings is 1. The number of fused-ring (bicyclic) bond motifs is 3. The van der Waals surface area contributed by atoms with Crippen LogP contribution in [0.15, 0.2) is 43.1 Å². The molecule has 0 unspecified atom stereocenters. The van der Waals surface area contributed by atoms with Crippen LogP contribution in [0.25, 0.3) is 22.4 Å². The lowest BCUT2D eigenvalue weighted by Crippen LogP contribution is -2.11. The van der Waals surface area contributed by atoms with Crippen molar-refractivity contribution >= 4 is 29.8 Å². The van der Waals surface area contributed by atoms with Gasteiger partial charge in [-0.3, -0.25) is 8.80 Å². The van der Waals surface area contributed by atoms with Gasteiger partial charge in [0, 0.05) is 47.6 Å². The first-order valence-corrected chi connectivity index (χ1v) is 13.5. The molecule has 1 N–H and O–H groups in total. The van der Waals surface area contributed by atoms with E-state index in [9.17, 15) is 13.3 Å². The smallest absolute Gasteiger partial charge is 0.210 e. The summed E-state index contributed by atoms with van der Waals surface area (Å²) < 4.78 is 50.5. The third-order valence-electron chi connectivity index (χ3n) is 6.09. The van der Waals surface area contributed by atoms with Gasteiger partial charge in [-0.25, -0.2) is 18.7 Å². The van der Waals surface area contributed by atoms with Gasteiger partial charge in [0.1, 0.15) is 41.9 Å². The Morgan fingerprint density at radius 2 is 1.97 bits per heavy atom. The Kier molecular flexibility index (Phi) is 4.86. The van der Waals surface area contributed by atoms with Crippen LogP contribution in [-0.4, -0.2) is 48.9 Å². The Bertz CT molecular complexity index is 1670. The van der Waals surface area contributed by atoms with E-state index in [0.29, 0.717) is 58.1 Å². The number of nitrogens with one attached hydrogen (secondary N) is 1. The fraction of sp³-hybridized carbons (Fsp3) is 0.217. The summed E-state index contributed by atoms with van der Waals surface area (Å²) >= 11 is 0. The Morgan fingerprint density at radius 1 is 1.11 bits per heavy atom. The van der Waals surface area contributed by atoms with Gasteiger partial charge in [-0.1, -0.05) is 0 Å². The number of anilines is 1. The minimum atomic E-state index is -2.70. The van der Waals surface area contributed by atoms with Crippen LogP contribution in [0.5, 0.6) is 5.75 Å². The Morgan fingerprint density at radius 3 is 2.80 bits per heavy atom. The average Bonchev–Trinajstić information content (AvgIpc) is 3.56. The molecule has 0 radical (unpaired) electrons. The zero-order chi connectivity index (χ0) is 24.3. The normalized spacial score (nSPS) is 13.4. The highest BCUT2D eigenvalue weighted by molar-refractivity contribution is 7.69. The Balaban J connectivity index is 1.42. The van der Waals surface area contributed by atoms with Gasteiger partial charge in [0.2, 0.25) is 5.95 Å². The molecule has 0 saturated carbocycles. The molecule has 0 spiro atoms. The summed E-state index contributed by atoms with van der Waals surface area (Å²) in [5.41, 5.74) is 3.58. The molecule has 1 aromatic carbocycles. The monoisotopic (exact) mass is 495 g/mol. The van der Waals surface area contributed by atoms with Crippen LogP contribution in [0.2, 0.25) is 0 Å². The zero-order valence-corrected chi connectivity index (χ0v) is 19.8. The Hall–Kier alpha value is -3.85.